The van der Waals surface area contributed by atoms with Crippen molar-refractivity contribution in [2.75, 3.05) is 6.61 Å². The molecular weight excluding hydrogens is 504 g/mol. The lowest BCUT2D eigenvalue weighted by molar-refractivity contribution is -0.274. The smallest absolute Gasteiger partial charge is 0.484 e. The van der Waals surface area contributed by atoms with Crippen molar-refractivity contribution in [2.45, 2.75) is 56.5 Å². The Hall–Kier alpha value is -3.01. The molecule has 2 amide bonds. The monoisotopic (exact) mass is 528 g/mol. The topological polar surface area (TPSA) is 76.7 Å². The van der Waals surface area contributed by atoms with Gasteiger partial charge in [0, 0.05) is 22.7 Å². The van der Waals surface area contributed by atoms with Crippen LogP contribution in [0.25, 0.3) is 0 Å². The number of alkyl halides is 3. The van der Waals surface area contributed by atoms with Crippen molar-refractivity contribution in [1.82, 2.24) is 10.6 Å². The molecule has 11 heteroatoms. The average molecular weight is 529 g/mol. The maximum Gasteiger partial charge on any atom is 0.573 e. The zero-order valence-electron chi connectivity index (χ0n) is 19.4. The van der Waals surface area contributed by atoms with Crippen molar-refractivity contribution in [3.8, 4) is 11.5 Å². The third-order valence-corrected chi connectivity index (χ3v) is 7.42. The number of halogens is 5. The SMILES string of the molecule is CC1CC2(NC(=O)COc3ccc(Cl)c(F)c3)CCC1(NC(=O)c1ccc(OC(F)(F)F)cc1)CC2. The van der Waals surface area contributed by atoms with Crippen molar-refractivity contribution in [3.05, 3.63) is 58.9 Å². The highest BCUT2D eigenvalue weighted by atomic mass is 35.5. The summed E-state index contributed by atoms with van der Waals surface area (Å²) in [6.07, 6.45) is -1.58. The molecule has 0 radical (unpaired) electrons. The van der Waals surface area contributed by atoms with Crippen LogP contribution in [0.3, 0.4) is 0 Å². The molecule has 0 saturated heterocycles. The van der Waals surface area contributed by atoms with E-state index in [1.165, 1.54) is 24.3 Å². The summed E-state index contributed by atoms with van der Waals surface area (Å²) in [7, 11) is 0. The van der Waals surface area contributed by atoms with Gasteiger partial charge in [-0.05, 0) is 74.4 Å². The van der Waals surface area contributed by atoms with Crippen LogP contribution in [0.2, 0.25) is 5.02 Å². The summed E-state index contributed by atoms with van der Waals surface area (Å²) in [6.45, 7) is 1.74. The van der Waals surface area contributed by atoms with Gasteiger partial charge in [-0.15, -0.1) is 13.2 Å². The summed E-state index contributed by atoms with van der Waals surface area (Å²) < 4.78 is 59.9. The highest BCUT2D eigenvalue weighted by Gasteiger charge is 2.54. The number of nitrogens with one attached hydrogen (secondary N) is 2. The summed E-state index contributed by atoms with van der Waals surface area (Å²) in [4.78, 5) is 25.4. The summed E-state index contributed by atoms with van der Waals surface area (Å²) >= 11 is 5.65. The van der Waals surface area contributed by atoms with Gasteiger partial charge < -0.3 is 20.1 Å². The standard InChI is InChI=1S/C25H25ClF4N2O4/c1-15-13-23(31-21(33)14-35-18-6-7-19(26)20(27)12-18)8-10-24(15,11-9-23)32-22(34)16-2-4-17(5-3-16)36-25(28,29)30/h2-7,12,15H,8-11,13-14H2,1H3,(H,31,33)(H,32,34). The van der Waals surface area contributed by atoms with Gasteiger partial charge in [0.2, 0.25) is 0 Å². The van der Waals surface area contributed by atoms with E-state index in [0.29, 0.717) is 32.1 Å². The van der Waals surface area contributed by atoms with E-state index < -0.39 is 29.0 Å². The Kier molecular flexibility index (Phi) is 7.10. The Labute approximate surface area is 210 Å². The quantitative estimate of drug-likeness (QED) is 0.472. The van der Waals surface area contributed by atoms with Gasteiger partial charge in [0.1, 0.15) is 17.3 Å². The van der Waals surface area contributed by atoms with Gasteiger partial charge in [-0.3, -0.25) is 9.59 Å². The van der Waals surface area contributed by atoms with E-state index in [9.17, 15) is 27.2 Å². The molecule has 5 rings (SSSR count). The number of amides is 2. The van der Waals surface area contributed by atoms with Gasteiger partial charge in [0.15, 0.2) is 6.61 Å². The van der Waals surface area contributed by atoms with Gasteiger partial charge >= 0.3 is 6.36 Å². The lowest BCUT2D eigenvalue weighted by atomic mass is 9.56. The van der Waals surface area contributed by atoms with E-state index in [1.54, 1.807) is 0 Å². The Bertz CT molecular complexity index is 1130. The van der Waals surface area contributed by atoms with E-state index in [1.807, 2.05) is 6.92 Å². The molecule has 6 nitrogen and oxygen atoms in total. The molecule has 0 aromatic heterocycles. The lowest BCUT2D eigenvalue weighted by Gasteiger charge is -2.57. The maximum atomic E-state index is 13.6. The first-order valence-electron chi connectivity index (χ1n) is 11.5. The maximum absolute atomic E-state index is 13.6. The third-order valence-electron chi connectivity index (χ3n) is 7.12. The zero-order chi connectivity index (χ0) is 26.1. The minimum atomic E-state index is -4.80. The zero-order valence-corrected chi connectivity index (χ0v) is 20.1. The van der Waals surface area contributed by atoms with Crippen molar-refractivity contribution >= 4 is 23.4 Å². The molecule has 2 aromatic rings. The van der Waals surface area contributed by atoms with Gasteiger partial charge in [-0.25, -0.2) is 4.39 Å². The fourth-order valence-electron chi connectivity index (χ4n) is 5.23. The second-order valence-corrected chi connectivity index (χ2v) is 9.89. The first-order chi connectivity index (χ1) is 16.9. The molecule has 1 atom stereocenters. The number of ether oxygens (including phenoxy) is 2. The van der Waals surface area contributed by atoms with Crippen LogP contribution in [0, 0.1) is 11.7 Å². The Morgan fingerprint density at radius 3 is 2.25 bits per heavy atom. The lowest BCUT2D eigenvalue weighted by Crippen LogP contribution is -2.67. The molecule has 3 aliphatic rings. The molecule has 3 saturated carbocycles. The number of hydrogen-bond acceptors (Lipinski definition) is 4. The van der Waals surface area contributed by atoms with Crippen molar-refractivity contribution in [2.24, 2.45) is 5.92 Å². The molecular formula is C25H25ClF4N2O4. The molecule has 0 spiro atoms. The van der Waals surface area contributed by atoms with Crippen LogP contribution in [0.15, 0.2) is 42.5 Å². The van der Waals surface area contributed by atoms with E-state index >= 15 is 0 Å². The number of benzene rings is 2. The normalized spacial score (nSPS) is 25.2. The van der Waals surface area contributed by atoms with Crippen LogP contribution in [-0.2, 0) is 4.79 Å². The second-order valence-electron chi connectivity index (χ2n) is 9.48. The number of carbonyl (C=O) groups excluding carboxylic acids is 2. The number of rotatable bonds is 7. The van der Waals surface area contributed by atoms with Crippen LogP contribution in [0.5, 0.6) is 11.5 Å². The molecule has 2 N–H and O–H groups in total. The third kappa shape index (κ3) is 5.86. The number of carbonyl (C=O) groups is 2. The van der Waals surface area contributed by atoms with Crippen LogP contribution in [-0.4, -0.2) is 35.9 Å². The van der Waals surface area contributed by atoms with Crippen LogP contribution >= 0.6 is 11.6 Å². The van der Waals surface area contributed by atoms with Gasteiger partial charge in [-0.1, -0.05) is 18.5 Å². The summed E-state index contributed by atoms with van der Waals surface area (Å²) in [5.74, 6) is -1.48. The van der Waals surface area contributed by atoms with E-state index in [4.69, 9.17) is 16.3 Å². The largest absolute Gasteiger partial charge is 0.573 e. The molecule has 36 heavy (non-hydrogen) atoms. The minimum absolute atomic E-state index is 0.0350. The van der Waals surface area contributed by atoms with Crippen LogP contribution in [0.4, 0.5) is 17.6 Å². The van der Waals surface area contributed by atoms with Gasteiger partial charge in [-0.2, -0.15) is 0 Å². The van der Waals surface area contributed by atoms with Crippen molar-refractivity contribution < 1.29 is 36.6 Å². The average Bonchev–Trinajstić information content (AvgIpc) is 2.80. The molecule has 2 bridgehead atoms. The predicted octanol–water partition coefficient (Wildman–Crippen LogP) is 5.39. The first-order valence-corrected chi connectivity index (χ1v) is 11.8. The van der Waals surface area contributed by atoms with E-state index in [-0.39, 0.29) is 40.7 Å². The molecule has 0 aliphatic heterocycles. The highest BCUT2D eigenvalue weighted by Crippen LogP contribution is 2.50. The summed E-state index contributed by atoms with van der Waals surface area (Å²) in [6, 6.07) is 8.74. The van der Waals surface area contributed by atoms with Crippen LogP contribution in [0.1, 0.15) is 49.4 Å². The van der Waals surface area contributed by atoms with Crippen LogP contribution < -0.4 is 20.1 Å². The molecule has 194 valence electrons. The highest BCUT2D eigenvalue weighted by molar-refractivity contribution is 6.30. The Morgan fingerprint density at radius 1 is 1.03 bits per heavy atom. The number of hydrogen-bond donors (Lipinski definition) is 2. The molecule has 2 aromatic carbocycles. The molecule has 0 heterocycles. The summed E-state index contributed by atoms with van der Waals surface area (Å²) in [5, 5.41) is 6.13. The minimum Gasteiger partial charge on any atom is -0.484 e. The van der Waals surface area contributed by atoms with Gasteiger partial charge in [0.25, 0.3) is 11.8 Å². The van der Waals surface area contributed by atoms with Crippen molar-refractivity contribution in [1.29, 1.82) is 0 Å². The Morgan fingerprint density at radius 2 is 1.67 bits per heavy atom. The van der Waals surface area contributed by atoms with Crippen molar-refractivity contribution in [3.63, 3.8) is 0 Å². The fraction of sp³-hybridized carbons (Fsp3) is 0.440. The summed E-state index contributed by atoms with van der Waals surface area (Å²) in [5.41, 5.74) is -0.659. The second kappa shape index (κ2) is 9.80. The van der Waals surface area contributed by atoms with Gasteiger partial charge in [0.05, 0.1) is 5.02 Å². The number of fused-ring (bicyclic) bond motifs is 3. The first kappa shape index (κ1) is 26.1. The predicted molar refractivity (Wildman–Crippen MR) is 123 cm³/mol. The molecule has 3 aliphatic carbocycles. The molecule has 3 fully saturated rings. The Balaban J connectivity index is 1.32. The van der Waals surface area contributed by atoms with E-state index in [0.717, 1.165) is 18.2 Å². The molecule has 1 unspecified atom stereocenters. The fourth-order valence-corrected chi connectivity index (χ4v) is 5.35. The van der Waals surface area contributed by atoms with E-state index in [2.05, 4.69) is 15.4 Å².